The van der Waals surface area contributed by atoms with Gasteiger partial charge in [0.15, 0.2) is 0 Å². The lowest BCUT2D eigenvalue weighted by molar-refractivity contribution is -0.154. The second kappa shape index (κ2) is 9.58. The number of aliphatic hydroxyl groups excluding tert-OH is 1. The minimum Gasteiger partial charge on any atom is -0.466 e. The third kappa shape index (κ3) is 4.00. The molecular formula is C24H31BrN2O5S. The van der Waals surface area contributed by atoms with Crippen LogP contribution in [0.1, 0.15) is 32.8 Å². The number of fused-ring (bicyclic) bond motifs is 1. The van der Waals surface area contributed by atoms with E-state index in [1.54, 1.807) is 23.6 Å². The molecule has 2 N–H and O–H groups in total. The van der Waals surface area contributed by atoms with E-state index in [-0.39, 0.29) is 47.0 Å². The van der Waals surface area contributed by atoms with Crippen LogP contribution in [-0.4, -0.2) is 67.9 Å². The number of nitrogens with zero attached hydrogens (tertiary/aromatic N) is 1. The normalized spacial score (nSPS) is 33.3. The lowest BCUT2D eigenvalue weighted by Crippen LogP contribution is -2.57. The summed E-state index contributed by atoms with van der Waals surface area (Å²) in [5, 5.41) is 13.1. The largest absolute Gasteiger partial charge is 0.466 e. The monoisotopic (exact) mass is 538 g/mol. The standard InChI is InChI=1S/C24H31BrN2O5S/c1-4-32-23(31)17-18-22(30)27(16(12-28)13(2)3)20(24(18)10-15(25)19(17)33-24)21(29)26-11-14-8-6-5-7-9-14/h5-9,13,15-20,28H,4,10-12H2,1-3H3,(H,26,29)/t15?,16-,17-,18-,19-,20?,24?/m0/s1. The molecule has 180 valence electrons. The Hall–Kier alpha value is -1.58. The quantitative estimate of drug-likeness (QED) is 0.389. The number of ether oxygens (including phenoxy) is 1. The summed E-state index contributed by atoms with van der Waals surface area (Å²) in [4.78, 5) is 42.1. The van der Waals surface area contributed by atoms with Crippen LogP contribution >= 0.6 is 27.7 Å². The molecule has 0 radical (unpaired) electrons. The minimum atomic E-state index is -0.771. The van der Waals surface area contributed by atoms with Crippen LogP contribution in [0.5, 0.6) is 0 Å². The molecule has 3 heterocycles. The number of hydrogen-bond donors (Lipinski definition) is 2. The Morgan fingerprint density at radius 3 is 2.64 bits per heavy atom. The number of amides is 2. The predicted octanol–water partition coefficient (Wildman–Crippen LogP) is 2.35. The van der Waals surface area contributed by atoms with Gasteiger partial charge < -0.3 is 20.1 Å². The molecule has 3 saturated heterocycles. The van der Waals surface area contributed by atoms with Crippen molar-refractivity contribution in [2.75, 3.05) is 13.2 Å². The van der Waals surface area contributed by atoms with Crippen molar-refractivity contribution in [3.05, 3.63) is 35.9 Å². The van der Waals surface area contributed by atoms with E-state index in [0.717, 1.165) is 5.56 Å². The van der Waals surface area contributed by atoms with Gasteiger partial charge in [-0.25, -0.2) is 0 Å². The van der Waals surface area contributed by atoms with Gasteiger partial charge in [-0.1, -0.05) is 60.1 Å². The number of carbonyl (C=O) groups excluding carboxylic acids is 3. The molecule has 3 aliphatic rings. The number of hydrogen-bond acceptors (Lipinski definition) is 6. The molecule has 7 nitrogen and oxygen atoms in total. The van der Waals surface area contributed by atoms with Crippen molar-refractivity contribution in [2.24, 2.45) is 17.8 Å². The molecule has 33 heavy (non-hydrogen) atoms. The van der Waals surface area contributed by atoms with Gasteiger partial charge in [0, 0.05) is 16.6 Å². The zero-order valence-electron chi connectivity index (χ0n) is 19.1. The fourth-order valence-corrected chi connectivity index (χ4v) is 9.32. The van der Waals surface area contributed by atoms with E-state index in [9.17, 15) is 19.5 Å². The van der Waals surface area contributed by atoms with Gasteiger partial charge in [0.2, 0.25) is 11.8 Å². The molecule has 1 aromatic carbocycles. The van der Waals surface area contributed by atoms with E-state index in [4.69, 9.17) is 4.74 Å². The molecule has 3 aliphatic heterocycles. The molecule has 2 amide bonds. The first-order valence-electron chi connectivity index (χ1n) is 11.5. The van der Waals surface area contributed by atoms with Gasteiger partial charge in [-0.15, -0.1) is 11.8 Å². The molecule has 3 fully saturated rings. The Morgan fingerprint density at radius 2 is 2.03 bits per heavy atom. The van der Waals surface area contributed by atoms with Gasteiger partial charge >= 0.3 is 5.97 Å². The van der Waals surface area contributed by atoms with Crippen molar-refractivity contribution in [1.82, 2.24) is 10.2 Å². The Morgan fingerprint density at radius 1 is 1.33 bits per heavy atom. The smallest absolute Gasteiger partial charge is 0.310 e. The summed E-state index contributed by atoms with van der Waals surface area (Å²) in [6, 6.07) is 8.33. The minimum absolute atomic E-state index is 0.00282. The first-order chi connectivity index (χ1) is 15.8. The summed E-state index contributed by atoms with van der Waals surface area (Å²) < 4.78 is 4.62. The molecule has 0 aliphatic carbocycles. The fourth-order valence-electron chi connectivity index (χ4n) is 5.73. The molecule has 0 saturated carbocycles. The van der Waals surface area contributed by atoms with Crippen LogP contribution in [-0.2, 0) is 25.7 Å². The van der Waals surface area contributed by atoms with Crippen molar-refractivity contribution in [1.29, 1.82) is 0 Å². The molecule has 2 bridgehead atoms. The topological polar surface area (TPSA) is 95.9 Å². The van der Waals surface area contributed by atoms with Crippen LogP contribution < -0.4 is 5.32 Å². The summed E-state index contributed by atoms with van der Waals surface area (Å²) in [6.07, 6.45) is 0.602. The van der Waals surface area contributed by atoms with Crippen LogP contribution in [0.25, 0.3) is 0 Å². The summed E-state index contributed by atoms with van der Waals surface area (Å²) >= 11 is 5.29. The Kier molecular flexibility index (Phi) is 7.13. The maximum absolute atomic E-state index is 13.9. The predicted molar refractivity (Wildman–Crippen MR) is 130 cm³/mol. The second-order valence-electron chi connectivity index (χ2n) is 9.36. The van der Waals surface area contributed by atoms with E-state index in [1.165, 1.54) is 0 Å². The van der Waals surface area contributed by atoms with Crippen LogP contribution in [0.4, 0.5) is 0 Å². The van der Waals surface area contributed by atoms with Crippen molar-refractivity contribution in [2.45, 2.75) is 60.6 Å². The molecule has 4 rings (SSSR count). The number of alkyl halides is 1. The Balaban J connectivity index is 1.72. The first-order valence-corrected chi connectivity index (χ1v) is 13.3. The maximum atomic E-state index is 13.9. The Labute approximate surface area is 207 Å². The zero-order chi connectivity index (χ0) is 23.9. The molecule has 0 aromatic heterocycles. The summed E-state index contributed by atoms with van der Waals surface area (Å²) in [5.74, 6) is -2.15. The first kappa shape index (κ1) is 24.5. The van der Waals surface area contributed by atoms with Crippen LogP contribution in [0.2, 0.25) is 0 Å². The number of thioether (sulfide) groups is 1. The Bertz CT molecular complexity index is 915. The van der Waals surface area contributed by atoms with E-state index in [0.29, 0.717) is 13.0 Å². The number of likely N-dealkylation sites (tertiary alicyclic amines) is 1. The highest BCUT2D eigenvalue weighted by Crippen LogP contribution is 2.68. The third-order valence-electron chi connectivity index (χ3n) is 7.16. The van der Waals surface area contributed by atoms with Crippen molar-refractivity contribution in [3.63, 3.8) is 0 Å². The molecule has 9 heteroatoms. The number of nitrogens with one attached hydrogen (secondary N) is 1. The summed E-state index contributed by atoms with van der Waals surface area (Å²) in [6.45, 7) is 5.95. The third-order valence-corrected chi connectivity index (χ3v) is 10.4. The van der Waals surface area contributed by atoms with E-state index in [2.05, 4.69) is 21.2 Å². The average molecular weight is 539 g/mol. The lowest BCUT2D eigenvalue weighted by Gasteiger charge is -2.38. The van der Waals surface area contributed by atoms with E-state index in [1.807, 2.05) is 44.2 Å². The molecular weight excluding hydrogens is 508 g/mol. The number of esters is 1. The fraction of sp³-hybridized carbons (Fsp3) is 0.625. The SMILES string of the molecule is CCOC(=O)[C@H]1[C@H]2C(=O)N([C@@H](CO)C(C)C)C(C(=O)NCc3ccccc3)C23CC(Br)[C@@H]1S3. The highest BCUT2D eigenvalue weighted by atomic mass is 79.9. The van der Waals surface area contributed by atoms with E-state index < -0.39 is 28.7 Å². The summed E-state index contributed by atoms with van der Waals surface area (Å²) in [5.41, 5.74) is 0.962. The van der Waals surface area contributed by atoms with Crippen LogP contribution in [0, 0.1) is 17.8 Å². The summed E-state index contributed by atoms with van der Waals surface area (Å²) in [7, 11) is 0. The maximum Gasteiger partial charge on any atom is 0.310 e. The molecule has 1 aromatic rings. The highest BCUT2D eigenvalue weighted by Gasteiger charge is 2.76. The molecule has 7 atom stereocenters. The van der Waals surface area contributed by atoms with Gasteiger partial charge in [0.05, 0.1) is 35.8 Å². The van der Waals surface area contributed by atoms with Gasteiger partial charge in [-0.2, -0.15) is 0 Å². The van der Waals surface area contributed by atoms with Crippen molar-refractivity contribution >= 4 is 45.5 Å². The lowest BCUT2D eigenvalue weighted by atomic mass is 9.71. The van der Waals surface area contributed by atoms with Gasteiger partial charge in [0.25, 0.3) is 0 Å². The number of aliphatic hydroxyl groups is 1. The highest BCUT2D eigenvalue weighted by molar-refractivity contribution is 9.09. The van der Waals surface area contributed by atoms with Gasteiger partial charge in [0.1, 0.15) is 6.04 Å². The number of benzene rings is 1. The number of carbonyl (C=O) groups is 3. The molecule has 1 spiro atoms. The second-order valence-corrected chi connectivity index (χ2v) is 12.1. The van der Waals surface area contributed by atoms with Gasteiger partial charge in [-0.3, -0.25) is 14.4 Å². The number of rotatable bonds is 8. The number of halogens is 1. The van der Waals surface area contributed by atoms with Crippen LogP contribution in [0.15, 0.2) is 30.3 Å². The van der Waals surface area contributed by atoms with E-state index >= 15 is 0 Å². The van der Waals surface area contributed by atoms with Crippen LogP contribution in [0.3, 0.4) is 0 Å². The average Bonchev–Trinajstić information content (AvgIpc) is 3.37. The van der Waals surface area contributed by atoms with Crippen molar-refractivity contribution < 1.29 is 24.2 Å². The zero-order valence-corrected chi connectivity index (χ0v) is 21.5. The van der Waals surface area contributed by atoms with Gasteiger partial charge in [-0.05, 0) is 24.8 Å². The molecule has 3 unspecified atom stereocenters. The van der Waals surface area contributed by atoms with Crippen molar-refractivity contribution in [3.8, 4) is 0 Å².